The lowest BCUT2D eigenvalue weighted by Crippen LogP contribution is -2.29. The van der Waals surface area contributed by atoms with Crippen molar-refractivity contribution < 1.29 is 4.79 Å². The van der Waals surface area contributed by atoms with Gasteiger partial charge in [-0.3, -0.25) is 9.69 Å². The number of fused-ring (bicyclic) bond motifs is 1. The number of hydrogen-bond donors (Lipinski definition) is 0. The molecule has 2 aliphatic rings. The largest absolute Gasteiger partial charge is 0.337 e. The van der Waals surface area contributed by atoms with E-state index >= 15 is 0 Å². The molecule has 0 bridgehead atoms. The third-order valence-electron chi connectivity index (χ3n) is 5.31. The number of thioether (sulfide) groups is 2. The van der Waals surface area contributed by atoms with Gasteiger partial charge >= 0.3 is 0 Å². The van der Waals surface area contributed by atoms with Crippen molar-refractivity contribution in [1.29, 1.82) is 0 Å². The van der Waals surface area contributed by atoms with Gasteiger partial charge in [-0.15, -0.1) is 0 Å². The molecule has 1 amide bonds. The second-order valence-corrected chi connectivity index (χ2v) is 9.53. The van der Waals surface area contributed by atoms with Gasteiger partial charge in [-0.2, -0.15) is 0 Å². The zero-order valence-electron chi connectivity index (χ0n) is 17.5. The lowest BCUT2D eigenvalue weighted by molar-refractivity contribution is -0.113. The highest BCUT2D eigenvalue weighted by molar-refractivity contribution is 8.20. The van der Waals surface area contributed by atoms with E-state index in [1.54, 1.807) is 16.7 Å². The van der Waals surface area contributed by atoms with Gasteiger partial charge in [-0.25, -0.2) is 4.99 Å². The summed E-state index contributed by atoms with van der Waals surface area (Å²) >= 11 is 3.08. The molecule has 0 aromatic heterocycles. The standard InChI is InChI=1S/C25H21N3OS2/c1-16-13-14-17(2)19(15-16)26-25-28(18-9-5-4-6-10-18)23(29)22(31-25)24-27(3)20-11-7-8-12-21(20)30-24/h4-15H,1-3H3. The zero-order chi connectivity index (χ0) is 21.5. The highest BCUT2D eigenvalue weighted by Crippen LogP contribution is 2.50. The van der Waals surface area contributed by atoms with Gasteiger partial charge in [0.05, 0.1) is 22.1 Å². The number of rotatable bonds is 2. The van der Waals surface area contributed by atoms with Crippen LogP contribution in [0.25, 0.3) is 0 Å². The number of aliphatic imine (C=N–C) groups is 1. The number of anilines is 2. The summed E-state index contributed by atoms with van der Waals surface area (Å²) in [6.45, 7) is 4.10. The fourth-order valence-electron chi connectivity index (χ4n) is 3.63. The predicted molar refractivity (Wildman–Crippen MR) is 132 cm³/mol. The van der Waals surface area contributed by atoms with Crippen LogP contribution in [-0.2, 0) is 4.79 Å². The van der Waals surface area contributed by atoms with Gasteiger partial charge in [0.2, 0.25) is 0 Å². The van der Waals surface area contributed by atoms with Crippen molar-refractivity contribution in [3.63, 3.8) is 0 Å². The first-order valence-corrected chi connectivity index (χ1v) is 11.6. The first-order chi connectivity index (χ1) is 15.0. The van der Waals surface area contributed by atoms with Gasteiger partial charge in [0.15, 0.2) is 5.17 Å². The number of nitrogens with zero attached hydrogens (tertiary/aromatic N) is 3. The molecule has 3 aromatic carbocycles. The van der Waals surface area contributed by atoms with E-state index in [2.05, 4.69) is 42.2 Å². The summed E-state index contributed by atoms with van der Waals surface area (Å²) in [6, 6.07) is 24.2. The van der Waals surface area contributed by atoms with Gasteiger partial charge in [-0.1, -0.05) is 54.2 Å². The summed E-state index contributed by atoms with van der Waals surface area (Å²) in [6.07, 6.45) is 0. The van der Waals surface area contributed by atoms with Gasteiger partial charge in [0, 0.05) is 11.9 Å². The average molecular weight is 444 g/mol. The lowest BCUT2D eigenvalue weighted by Gasteiger charge is -2.17. The molecule has 154 valence electrons. The molecule has 0 aliphatic carbocycles. The van der Waals surface area contributed by atoms with E-state index in [4.69, 9.17) is 4.99 Å². The van der Waals surface area contributed by atoms with Crippen LogP contribution in [0.15, 0.2) is 92.6 Å². The quantitative estimate of drug-likeness (QED) is 0.425. The van der Waals surface area contributed by atoms with Crippen LogP contribution in [0.1, 0.15) is 11.1 Å². The Morgan fingerprint density at radius 2 is 1.61 bits per heavy atom. The fraction of sp³-hybridized carbons (Fsp3) is 0.120. The summed E-state index contributed by atoms with van der Waals surface area (Å²) in [4.78, 5) is 24.3. The Kier molecular flexibility index (Phi) is 5.12. The highest BCUT2D eigenvalue weighted by Gasteiger charge is 2.40. The maximum absolute atomic E-state index is 13.7. The topological polar surface area (TPSA) is 35.9 Å². The van der Waals surface area contributed by atoms with E-state index in [9.17, 15) is 4.79 Å². The third kappa shape index (κ3) is 3.56. The Balaban J connectivity index is 1.64. The van der Waals surface area contributed by atoms with Gasteiger partial charge < -0.3 is 4.90 Å². The van der Waals surface area contributed by atoms with Crippen LogP contribution in [0.3, 0.4) is 0 Å². The lowest BCUT2D eigenvalue weighted by atomic mass is 10.1. The molecule has 0 saturated carbocycles. The summed E-state index contributed by atoms with van der Waals surface area (Å²) < 4.78 is 0. The molecule has 2 aliphatic heterocycles. The second-order valence-electron chi connectivity index (χ2n) is 7.53. The maximum Gasteiger partial charge on any atom is 0.274 e. The number of carbonyl (C=O) groups excluding carboxylic acids is 1. The molecule has 6 heteroatoms. The van der Waals surface area contributed by atoms with E-state index in [1.165, 1.54) is 11.8 Å². The number of carbonyl (C=O) groups is 1. The summed E-state index contributed by atoms with van der Waals surface area (Å²) in [5.74, 6) is -0.0394. The molecule has 2 heterocycles. The van der Waals surface area contributed by atoms with Crippen molar-refractivity contribution in [1.82, 2.24) is 0 Å². The van der Waals surface area contributed by atoms with E-state index in [0.717, 1.165) is 38.1 Å². The van der Waals surface area contributed by atoms with Gasteiger partial charge in [0.25, 0.3) is 5.91 Å². The summed E-state index contributed by atoms with van der Waals surface area (Å²) in [5, 5.41) is 1.63. The normalized spacial score (nSPS) is 19.5. The number of amidine groups is 1. The SMILES string of the molecule is Cc1ccc(C)c(N=C2SC(=C3Sc4ccccc4N3C)C(=O)N2c2ccccc2)c1. The molecule has 5 rings (SSSR count). The van der Waals surface area contributed by atoms with Crippen molar-refractivity contribution in [3.8, 4) is 0 Å². The van der Waals surface area contributed by atoms with Crippen molar-refractivity contribution >= 4 is 51.7 Å². The predicted octanol–water partition coefficient (Wildman–Crippen LogP) is 6.48. The highest BCUT2D eigenvalue weighted by atomic mass is 32.2. The maximum atomic E-state index is 13.7. The molecule has 1 saturated heterocycles. The Hall–Kier alpha value is -2.96. The van der Waals surface area contributed by atoms with Gasteiger partial charge in [-0.05, 0) is 67.1 Å². The molecule has 31 heavy (non-hydrogen) atoms. The first-order valence-electron chi connectivity index (χ1n) is 10.0. The zero-order valence-corrected chi connectivity index (χ0v) is 19.1. The number of aryl methyl sites for hydroxylation is 2. The van der Waals surface area contributed by atoms with Crippen LogP contribution >= 0.6 is 23.5 Å². The van der Waals surface area contributed by atoms with Crippen molar-refractivity contribution in [2.75, 3.05) is 16.8 Å². The molecule has 1 fully saturated rings. The minimum absolute atomic E-state index is 0.0394. The Bertz CT molecular complexity index is 1250. The number of para-hydroxylation sites is 2. The van der Waals surface area contributed by atoms with Crippen LogP contribution in [0.4, 0.5) is 17.1 Å². The number of benzene rings is 3. The first kappa shape index (κ1) is 20.0. The van der Waals surface area contributed by atoms with Crippen LogP contribution in [0.2, 0.25) is 0 Å². The summed E-state index contributed by atoms with van der Waals surface area (Å²) in [7, 11) is 2.02. The smallest absolute Gasteiger partial charge is 0.274 e. The van der Waals surface area contributed by atoms with Gasteiger partial charge in [0.1, 0.15) is 4.91 Å². The molecule has 3 aromatic rings. The Labute approximate surface area is 190 Å². The third-order valence-corrected chi connectivity index (χ3v) is 7.70. The van der Waals surface area contributed by atoms with Crippen molar-refractivity contribution in [2.45, 2.75) is 18.7 Å². The van der Waals surface area contributed by atoms with Crippen molar-refractivity contribution in [3.05, 3.63) is 93.9 Å². The molecule has 4 nitrogen and oxygen atoms in total. The minimum Gasteiger partial charge on any atom is -0.337 e. The van der Waals surface area contributed by atoms with E-state index in [-0.39, 0.29) is 5.91 Å². The van der Waals surface area contributed by atoms with E-state index in [1.807, 2.05) is 56.4 Å². The summed E-state index contributed by atoms with van der Waals surface area (Å²) in [5.41, 5.74) is 5.06. The monoisotopic (exact) mass is 443 g/mol. The van der Waals surface area contributed by atoms with Crippen molar-refractivity contribution in [2.24, 2.45) is 4.99 Å². The second kappa shape index (κ2) is 7.94. The van der Waals surface area contributed by atoms with Crippen LogP contribution in [0, 0.1) is 13.8 Å². The van der Waals surface area contributed by atoms with Crippen LogP contribution in [0.5, 0.6) is 0 Å². The molecular weight excluding hydrogens is 422 g/mol. The number of hydrogen-bond acceptors (Lipinski definition) is 5. The van der Waals surface area contributed by atoms with Crippen LogP contribution in [-0.4, -0.2) is 18.1 Å². The fourth-order valence-corrected chi connectivity index (χ4v) is 5.96. The molecule has 0 N–H and O–H groups in total. The average Bonchev–Trinajstić information content (AvgIpc) is 3.28. The van der Waals surface area contributed by atoms with Crippen LogP contribution < -0.4 is 9.80 Å². The van der Waals surface area contributed by atoms with E-state index in [0.29, 0.717) is 10.1 Å². The molecular formula is C25H21N3OS2. The molecule has 0 radical (unpaired) electrons. The van der Waals surface area contributed by atoms with E-state index < -0.39 is 0 Å². The Morgan fingerprint density at radius 3 is 2.39 bits per heavy atom. The molecule has 0 atom stereocenters. The molecule has 0 spiro atoms. The number of amides is 1. The minimum atomic E-state index is -0.0394. The molecule has 0 unspecified atom stereocenters. The Morgan fingerprint density at radius 1 is 0.871 bits per heavy atom.